The summed E-state index contributed by atoms with van der Waals surface area (Å²) in [6.07, 6.45) is 1.60. The fourth-order valence-electron chi connectivity index (χ4n) is 1.78. The van der Waals surface area contributed by atoms with Crippen LogP contribution in [0.15, 0.2) is 59.7 Å². The smallest absolute Gasteiger partial charge is 0.251 e. The first-order valence-corrected chi connectivity index (χ1v) is 7.09. The lowest BCUT2D eigenvalue weighted by Crippen LogP contribution is -2.28. The van der Waals surface area contributed by atoms with Gasteiger partial charge in [0.15, 0.2) is 0 Å². The molecule has 2 aromatic carbocycles. The summed E-state index contributed by atoms with van der Waals surface area (Å²) >= 11 is 0. The topological polar surface area (TPSA) is 90.8 Å². The molecule has 0 aliphatic carbocycles. The van der Waals surface area contributed by atoms with Crippen LogP contribution in [0.3, 0.4) is 0 Å². The van der Waals surface area contributed by atoms with Gasteiger partial charge in [-0.2, -0.15) is 5.10 Å². The number of amides is 2. The molecule has 118 valence electrons. The third-order valence-electron chi connectivity index (χ3n) is 2.97. The van der Waals surface area contributed by atoms with Gasteiger partial charge in [0, 0.05) is 18.5 Å². The van der Waals surface area contributed by atoms with Gasteiger partial charge in [0.2, 0.25) is 5.91 Å². The third-order valence-corrected chi connectivity index (χ3v) is 2.97. The monoisotopic (exact) mass is 311 g/mol. The first-order chi connectivity index (χ1) is 11.1. The summed E-state index contributed by atoms with van der Waals surface area (Å²) in [6.45, 7) is 0.230. The Balaban J connectivity index is 1.69. The molecule has 2 amide bonds. The number of nitrogens with one attached hydrogen (secondary N) is 2. The van der Waals surface area contributed by atoms with Crippen molar-refractivity contribution in [2.24, 2.45) is 5.10 Å². The standard InChI is InChI=1S/C17H17N3O3/c21-15-8-6-13(7-9-15)12-19-20-16(22)10-11-18-17(23)14-4-2-1-3-5-14/h1-9,12,21H,10-11H2,(H,18,23)(H,20,22)/b19-12+. The number of phenolic OH excluding ortho intramolecular Hbond substituents is 1. The Morgan fingerprint density at radius 3 is 2.43 bits per heavy atom. The maximum Gasteiger partial charge on any atom is 0.251 e. The third kappa shape index (κ3) is 5.62. The summed E-state index contributed by atoms with van der Waals surface area (Å²) in [5, 5.41) is 15.6. The Morgan fingerprint density at radius 1 is 1.04 bits per heavy atom. The zero-order chi connectivity index (χ0) is 16.5. The van der Waals surface area contributed by atoms with Crippen LogP contribution in [0, 0.1) is 0 Å². The van der Waals surface area contributed by atoms with E-state index >= 15 is 0 Å². The number of hydrogen-bond donors (Lipinski definition) is 3. The van der Waals surface area contributed by atoms with Crippen molar-refractivity contribution in [3.63, 3.8) is 0 Å². The molecular weight excluding hydrogens is 294 g/mol. The van der Waals surface area contributed by atoms with Crippen molar-refractivity contribution < 1.29 is 14.7 Å². The Labute approximate surface area is 133 Å². The average Bonchev–Trinajstić information content (AvgIpc) is 2.57. The number of benzene rings is 2. The Hall–Kier alpha value is -3.15. The van der Waals surface area contributed by atoms with Crippen LogP contribution in [0.2, 0.25) is 0 Å². The molecule has 0 unspecified atom stereocenters. The summed E-state index contributed by atoms with van der Waals surface area (Å²) < 4.78 is 0. The van der Waals surface area contributed by atoms with E-state index in [1.165, 1.54) is 18.3 Å². The van der Waals surface area contributed by atoms with E-state index in [-0.39, 0.29) is 30.5 Å². The predicted octanol–water partition coefficient (Wildman–Crippen LogP) is 1.66. The molecule has 0 aliphatic rings. The summed E-state index contributed by atoms with van der Waals surface area (Å²) in [7, 11) is 0. The van der Waals surface area contributed by atoms with Crippen molar-refractivity contribution in [1.82, 2.24) is 10.7 Å². The minimum atomic E-state index is -0.298. The minimum absolute atomic E-state index is 0.130. The Bertz CT molecular complexity index is 682. The molecule has 0 aromatic heterocycles. The zero-order valence-corrected chi connectivity index (χ0v) is 12.4. The quantitative estimate of drug-likeness (QED) is 0.560. The van der Waals surface area contributed by atoms with Crippen LogP contribution < -0.4 is 10.7 Å². The van der Waals surface area contributed by atoms with Gasteiger partial charge in [-0.1, -0.05) is 18.2 Å². The molecule has 0 aliphatic heterocycles. The molecule has 6 heteroatoms. The second-order valence-corrected chi connectivity index (χ2v) is 4.76. The lowest BCUT2D eigenvalue weighted by atomic mass is 10.2. The van der Waals surface area contributed by atoms with Crippen LogP contribution in [0.25, 0.3) is 0 Å². The summed E-state index contributed by atoms with van der Waals surface area (Å²) in [5.74, 6) is -0.347. The van der Waals surface area contributed by atoms with Crippen molar-refractivity contribution in [2.75, 3.05) is 6.54 Å². The highest BCUT2D eigenvalue weighted by Gasteiger charge is 2.05. The minimum Gasteiger partial charge on any atom is -0.508 e. The van der Waals surface area contributed by atoms with E-state index < -0.39 is 0 Å². The zero-order valence-electron chi connectivity index (χ0n) is 12.4. The summed E-state index contributed by atoms with van der Waals surface area (Å²) in [4.78, 5) is 23.3. The van der Waals surface area contributed by atoms with E-state index in [1.54, 1.807) is 36.4 Å². The van der Waals surface area contributed by atoms with Crippen LogP contribution in [0.5, 0.6) is 5.75 Å². The second kappa shape index (κ2) is 8.33. The van der Waals surface area contributed by atoms with E-state index in [2.05, 4.69) is 15.8 Å². The van der Waals surface area contributed by atoms with Gasteiger partial charge in [-0.25, -0.2) is 5.43 Å². The molecule has 3 N–H and O–H groups in total. The fraction of sp³-hybridized carbons (Fsp3) is 0.118. The van der Waals surface area contributed by atoms with E-state index in [0.29, 0.717) is 5.56 Å². The largest absolute Gasteiger partial charge is 0.508 e. The van der Waals surface area contributed by atoms with Crippen molar-refractivity contribution in [1.29, 1.82) is 0 Å². The van der Waals surface area contributed by atoms with Crippen LogP contribution >= 0.6 is 0 Å². The number of carbonyl (C=O) groups is 2. The van der Waals surface area contributed by atoms with Gasteiger partial charge in [-0.15, -0.1) is 0 Å². The molecular formula is C17H17N3O3. The second-order valence-electron chi connectivity index (χ2n) is 4.76. The molecule has 23 heavy (non-hydrogen) atoms. The number of hydrazone groups is 1. The van der Waals surface area contributed by atoms with Crippen molar-refractivity contribution in [3.05, 3.63) is 65.7 Å². The van der Waals surface area contributed by atoms with E-state index in [1.807, 2.05) is 6.07 Å². The summed E-state index contributed by atoms with van der Waals surface area (Å²) in [6, 6.07) is 15.2. The molecule has 0 saturated carbocycles. The first kappa shape index (κ1) is 16.2. The van der Waals surface area contributed by atoms with Gasteiger partial charge < -0.3 is 10.4 Å². The number of aromatic hydroxyl groups is 1. The number of carbonyl (C=O) groups excluding carboxylic acids is 2. The molecule has 0 bridgehead atoms. The summed E-state index contributed by atoms with van der Waals surface area (Å²) in [5.41, 5.74) is 3.68. The van der Waals surface area contributed by atoms with Gasteiger partial charge in [-0.05, 0) is 42.0 Å². The van der Waals surface area contributed by atoms with Gasteiger partial charge in [0.25, 0.3) is 5.91 Å². The molecule has 0 fully saturated rings. The van der Waals surface area contributed by atoms with Crippen LogP contribution in [-0.4, -0.2) is 29.7 Å². The van der Waals surface area contributed by atoms with E-state index in [9.17, 15) is 9.59 Å². The number of hydrogen-bond acceptors (Lipinski definition) is 4. The van der Waals surface area contributed by atoms with E-state index in [0.717, 1.165) is 5.56 Å². The van der Waals surface area contributed by atoms with Crippen molar-refractivity contribution in [3.8, 4) is 5.75 Å². The molecule has 0 heterocycles. The average molecular weight is 311 g/mol. The predicted molar refractivity (Wildman–Crippen MR) is 87.2 cm³/mol. The van der Waals surface area contributed by atoms with Crippen LogP contribution in [-0.2, 0) is 4.79 Å². The Kier molecular flexibility index (Phi) is 5.88. The number of phenols is 1. The van der Waals surface area contributed by atoms with Crippen LogP contribution in [0.4, 0.5) is 0 Å². The molecule has 2 rings (SSSR count). The van der Waals surface area contributed by atoms with Gasteiger partial charge in [0.05, 0.1) is 6.21 Å². The van der Waals surface area contributed by atoms with Gasteiger partial charge >= 0.3 is 0 Å². The van der Waals surface area contributed by atoms with Crippen molar-refractivity contribution in [2.45, 2.75) is 6.42 Å². The van der Waals surface area contributed by atoms with Gasteiger partial charge in [0.1, 0.15) is 5.75 Å². The maximum atomic E-state index is 11.8. The highest BCUT2D eigenvalue weighted by Crippen LogP contribution is 2.07. The number of nitrogens with zero attached hydrogens (tertiary/aromatic N) is 1. The normalized spacial score (nSPS) is 10.4. The highest BCUT2D eigenvalue weighted by molar-refractivity contribution is 5.94. The lowest BCUT2D eigenvalue weighted by Gasteiger charge is -2.04. The van der Waals surface area contributed by atoms with Gasteiger partial charge in [-0.3, -0.25) is 9.59 Å². The maximum absolute atomic E-state index is 11.8. The number of rotatable bonds is 6. The molecule has 2 aromatic rings. The fourth-order valence-corrected chi connectivity index (χ4v) is 1.78. The molecule has 0 saturated heterocycles. The molecule has 0 radical (unpaired) electrons. The Morgan fingerprint density at radius 2 is 1.74 bits per heavy atom. The SMILES string of the molecule is O=C(CCNC(=O)c1ccccc1)N/N=C/c1ccc(O)cc1. The molecule has 0 atom stereocenters. The van der Waals surface area contributed by atoms with E-state index in [4.69, 9.17) is 5.11 Å². The van der Waals surface area contributed by atoms with Crippen molar-refractivity contribution >= 4 is 18.0 Å². The molecule has 0 spiro atoms. The lowest BCUT2D eigenvalue weighted by molar-refractivity contribution is -0.120. The molecule has 6 nitrogen and oxygen atoms in total. The highest BCUT2D eigenvalue weighted by atomic mass is 16.3. The van der Waals surface area contributed by atoms with Crippen LogP contribution in [0.1, 0.15) is 22.3 Å². The first-order valence-electron chi connectivity index (χ1n) is 7.09.